The molecule has 0 saturated carbocycles. The van der Waals surface area contributed by atoms with Crippen molar-refractivity contribution in [2.75, 3.05) is 7.11 Å². The average molecular weight is 362 g/mol. The number of phosphoric acid groups is 1. The minimum Gasteiger partial charge on any atom is -0.497 e. The number of benzene rings is 1. The van der Waals surface area contributed by atoms with Crippen molar-refractivity contribution in [3.8, 4) is 11.5 Å². The summed E-state index contributed by atoms with van der Waals surface area (Å²) in [6.45, 7) is 0. The van der Waals surface area contributed by atoms with Gasteiger partial charge in [-0.2, -0.15) is 0 Å². The van der Waals surface area contributed by atoms with Crippen LogP contribution in [0.2, 0.25) is 0 Å². The lowest BCUT2D eigenvalue weighted by atomic mass is 10.3. The third kappa shape index (κ3) is 3.71. The Morgan fingerprint density at radius 3 is 2.38 bits per heavy atom. The van der Waals surface area contributed by atoms with Crippen LogP contribution in [-0.4, -0.2) is 16.9 Å². The first-order valence-electron chi connectivity index (χ1n) is 3.82. The molecule has 0 aliphatic rings. The molecule has 0 amide bonds. The summed E-state index contributed by atoms with van der Waals surface area (Å²) < 4.78 is 41.2. The highest BCUT2D eigenvalue weighted by molar-refractivity contribution is 14.2. The van der Waals surface area contributed by atoms with Gasteiger partial charge in [0.15, 0.2) is 5.75 Å². The zero-order valence-corrected chi connectivity index (χ0v) is 11.0. The summed E-state index contributed by atoms with van der Waals surface area (Å²) in [4.78, 5) is 17.2. The Morgan fingerprint density at radius 2 is 1.94 bits per heavy atom. The first kappa shape index (κ1) is 13.4. The van der Waals surface area contributed by atoms with Crippen molar-refractivity contribution in [3.05, 3.63) is 21.8 Å². The van der Waals surface area contributed by atoms with Crippen LogP contribution in [0.3, 0.4) is 0 Å². The topological polar surface area (TPSA) is 110 Å². The van der Waals surface area contributed by atoms with Gasteiger partial charge in [-0.05, 0) is 12.1 Å². The number of rotatable bonds is 4. The van der Waals surface area contributed by atoms with Crippen LogP contribution in [0.15, 0.2) is 18.2 Å². The zero-order chi connectivity index (χ0) is 12.3. The van der Waals surface area contributed by atoms with Crippen molar-refractivity contribution in [2.45, 2.75) is 0 Å². The minimum atomic E-state index is -4.79. The second-order valence-electron chi connectivity index (χ2n) is 2.60. The molecule has 90 valence electrons. The first-order valence-corrected chi connectivity index (χ1v) is 8.19. The van der Waals surface area contributed by atoms with Gasteiger partial charge in [-0.25, -0.2) is 10.7 Å². The fourth-order valence-corrected chi connectivity index (χ4v) is 2.69. The fraction of sp³-hybridized carbons (Fsp3) is 0.143. The lowest BCUT2D eigenvalue weighted by molar-refractivity contribution is 0.282. The Balaban J connectivity index is 3.26. The maximum Gasteiger partial charge on any atom is 0.524 e. The van der Waals surface area contributed by atoms with E-state index in [2.05, 4.69) is 4.52 Å². The summed E-state index contributed by atoms with van der Waals surface area (Å²) in [6.07, 6.45) is 0. The van der Waals surface area contributed by atoms with Crippen LogP contribution in [0, 0.1) is 3.57 Å². The predicted octanol–water partition coefficient (Wildman–Crippen LogP) is 1.53. The van der Waals surface area contributed by atoms with E-state index in [1.54, 1.807) is 0 Å². The number of hydrogen-bond donors (Lipinski definition) is 2. The molecule has 0 aliphatic carbocycles. The van der Waals surface area contributed by atoms with E-state index < -0.39 is 33.4 Å². The first-order chi connectivity index (χ1) is 7.33. The highest BCUT2D eigenvalue weighted by atomic mass is 127. The van der Waals surface area contributed by atoms with E-state index in [1.165, 1.54) is 19.2 Å². The van der Waals surface area contributed by atoms with E-state index in [0.717, 1.165) is 6.07 Å². The van der Waals surface area contributed by atoms with Gasteiger partial charge in [0.25, 0.3) is 0 Å². The summed E-state index contributed by atoms with van der Waals surface area (Å²) >= 11 is -3.88. The molecule has 0 heterocycles. The highest BCUT2D eigenvalue weighted by Crippen LogP contribution is 2.42. The predicted molar refractivity (Wildman–Crippen MR) is 59.8 cm³/mol. The summed E-state index contributed by atoms with van der Waals surface area (Å²) in [6, 6.07) is 3.64. The highest BCUT2D eigenvalue weighted by Gasteiger charge is 2.20. The molecule has 0 aromatic heterocycles. The van der Waals surface area contributed by atoms with Crippen molar-refractivity contribution in [2.24, 2.45) is 0 Å². The summed E-state index contributed by atoms with van der Waals surface area (Å²) in [7, 11) is -3.46. The molecule has 0 spiro atoms. The van der Waals surface area contributed by atoms with Gasteiger partial charge in [-0.3, -0.25) is 9.79 Å². The average Bonchev–Trinajstić information content (AvgIpc) is 2.14. The monoisotopic (exact) mass is 362 g/mol. The second kappa shape index (κ2) is 5.09. The van der Waals surface area contributed by atoms with Crippen molar-refractivity contribution >= 4 is 27.6 Å². The van der Waals surface area contributed by atoms with Crippen LogP contribution < -0.4 is 9.26 Å². The lowest BCUT2D eigenvalue weighted by Gasteiger charge is -2.09. The van der Waals surface area contributed by atoms with E-state index in [9.17, 15) is 10.7 Å². The Morgan fingerprint density at radius 1 is 1.31 bits per heavy atom. The number of halogens is 1. The Kier molecular flexibility index (Phi) is 4.25. The molecule has 0 radical (unpaired) electrons. The molecular weight excluding hydrogens is 354 g/mol. The molecule has 0 atom stereocenters. The van der Waals surface area contributed by atoms with E-state index in [1.807, 2.05) is 0 Å². The van der Waals surface area contributed by atoms with Crippen LogP contribution in [0.25, 0.3) is 0 Å². The molecule has 9 heteroatoms. The molecule has 0 unspecified atom stereocenters. The van der Waals surface area contributed by atoms with Gasteiger partial charge in [0.2, 0.25) is 0 Å². The fourth-order valence-electron chi connectivity index (χ4n) is 0.936. The Labute approximate surface area is 97.8 Å². The van der Waals surface area contributed by atoms with Crippen molar-refractivity contribution < 1.29 is 29.8 Å². The van der Waals surface area contributed by atoms with E-state index in [0.29, 0.717) is 0 Å². The molecular formula is C7H8IO7P. The molecule has 16 heavy (non-hydrogen) atoms. The van der Waals surface area contributed by atoms with Crippen LogP contribution in [-0.2, 0) is 10.7 Å². The van der Waals surface area contributed by atoms with Crippen molar-refractivity contribution in [1.29, 1.82) is 0 Å². The zero-order valence-electron chi connectivity index (χ0n) is 7.99. The largest absolute Gasteiger partial charge is 0.524 e. The van der Waals surface area contributed by atoms with E-state index >= 15 is 0 Å². The Bertz CT molecular complexity index is 495. The molecule has 0 aliphatic heterocycles. The van der Waals surface area contributed by atoms with Crippen molar-refractivity contribution in [3.63, 3.8) is 0 Å². The number of phosphoric ester groups is 1. The smallest absolute Gasteiger partial charge is 0.497 e. The van der Waals surface area contributed by atoms with Gasteiger partial charge < -0.3 is 9.26 Å². The second-order valence-corrected chi connectivity index (χ2v) is 6.16. The third-order valence-electron chi connectivity index (χ3n) is 1.52. The van der Waals surface area contributed by atoms with Crippen molar-refractivity contribution in [1.82, 2.24) is 0 Å². The minimum absolute atomic E-state index is 0.228. The SMILES string of the molecule is COc1ccc(I(=O)=O)c(OP(=O)(O)O)c1. The van der Waals surface area contributed by atoms with Crippen LogP contribution in [0.4, 0.5) is 0 Å². The van der Waals surface area contributed by atoms with Gasteiger partial charge in [0, 0.05) is 6.07 Å². The van der Waals surface area contributed by atoms with Crippen LogP contribution in [0.1, 0.15) is 0 Å². The summed E-state index contributed by atoms with van der Waals surface area (Å²) in [5.74, 6) is -0.159. The molecule has 0 bridgehead atoms. The van der Waals surface area contributed by atoms with Crippen LogP contribution in [0.5, 0.6) is 11.5 Å². The molecule has 1 rings (SSSR count). The maximum absolute atomic E-state index is 10.9. The third-order valence-corrected chi connectivity index (χ3v) is 3.80. The number of ether oxygens (including phenoxy) is 1. The van der Waals surface area contributed by atoms with E-state index in [-0.39, 0.29) is 9.32 Å². The molecule has 1 aromatic carbocycles. The van der Waals surface area contributed by atoms with Gasteiger partial charge >= 0.3 is 27.6 Å². The van der Waals surface area contributed by atoms with Gasteiger partial charge in [0.05, 0.1) is 7.11 Å². The van der Waals surface area contributed by atoms with Crippen LogP contribution >= 0.6 is 27.6 Å². The molecule has 0 saturated heterocycles. The molecule has 2 N–H and O–H groups in total. The Hall–Kier alpha value is -0.700. The maximum atomic E-state index is 10.9. The standard InChI is InChI=1S/C7H8IO7P/c1-14-5-2-3-6(8(9)10)7(4-5)15-16(11,12)13/h2-4H,1H3,(H2,11,12,13). The normalized spacial score (nSPS) is 11.5. The summed E-state index contributed by atoms with van der Waals surface area (Å²) in [5.41, 5.74) is 0. The molecule has 7 nitrogen and oxygen atoms in total. The summed E-state index contributed by atoms with van der Waals surface area (Å²) in [5, 5.41) is 0. The van der Waals surface area contributed by atoms with Gasteiger partial charge in [-0.1, -0.05) is 0 Å². The molecule has 0 fully saturated rings. The number of methoxy groups -OCH3 is 1. The quantitative estimate of drug-likeness (QED) is 0.618. The molecule has 1 aromatic rings. The number of hydrogen-bond acceptors (Lipinski definition) is 5. The van der Waals surface area contributed by atoms with E-state index in [4.69, 9.17) is 14.5 Å². The lowest BCUT2D eigenvalue weighted by Crippen LogP contribution is -1.94. The van der Waals surface area contributed by atoms with Gasteiger partial charge in [0.1, 0.15) is 9.32 Å². The van der Waals surface area contributed by atoms with Gasteiger partial charge in [-0.15, -0.1) is 0 Å².